The fourth-order valence-electron chi connectivity index (χ4n) is 3.79. The molecule has 1 aliphatic rings. The Kier molecular flexibility index (Phi) is 5.85. The van der Waals surface area contributed by atoms with Crippen molar-refractivity contribution < 1.29 is 9.90 Å². The van der Waals surface area contributed by atoms with E-state index in [-0.39, 0.29) is 5.91 Å². The first kappa shape index (κ1) is 19.9. The van der Waals surface area contributed by atoms with Crippen LogP contribution >= 0.6 is 11.6 Å². The highest BCUT2D eigenvalue weighted by molar-refractivity contribution is 6.34. The summed E-state index contributed by atoms with van der Waals surface area (Å²) in [5.41, 5.74) is 4.36. The molecule has 1 aliphatic heterocycles. The topological polar surface area (TPSA) is 69.9 Å². The molecule has 1 saturated heterocycles. The number of likely N-dealkylation sites (tertiary alicyclic amines) is 1. The Hall–Kier alpha value is -2.41. The molecule has 1 unspecified atom stereocenters. The molecule has 1 atom stereocenters. The summed E-state index contributed by atoms with van der Waals surface area (Å²) < 4.78 is 1.88. The van der Waals surface area contributed by atoms with Gasteiger partial charge in [-0.25, -0.2) is 4.98 Å². The van der Waals surface area contributed by atoms with Crippen LogP contribution in [0.4, 0.5) is 0 Å². The van der Waals surface area contributed by atoms with Crippen molar-refractivity contribution in [3.8, 4) is 11.1 Å². The third-order valence-corrected chi connectivity index (χ3v) is 5.93. The summed E-state index contributed by atoms with van der Waals surface area (Å²) in [6, 6.07) is 9.86. The maximum Gasteiger partial charge on any atom is 0.222 e. The average Bonchev–Trinajstić information content (AvgIpc) is 3.32. The number of carbonyl (C=O) groups is 1. The smallest absolute Gasteiger partial charge is 0.222 e. The van der Waals surface area contributed by atoms with Gasteiger partial charge in [0.25, 0.3) is 0 Å². The predicted molar refractivity (Wildman–Crippen MR) is 114 cm³/mol. The summed E-state index contributed by atoms with van der Waals surface area (Å²) in [5, 5.41) is 14.5. The predicted octanol–water partition coefficient (Wildman–Crippen LogP) is 3.56. The minimum absolute atomic E-state index is 0.231. The lowest BCUT2D eigenvalue weighted by molar-refractivity contribution is -0.127. The second kappa shape index (κ2) is 8.53. The average molecular weight is 413 g/mol. The van der Waals surface area contributed by atoms with E-state index in [2.05, 4.69) is 10.3 Å². The molecule has 0 bridgehead atoms. The number of aromatic nitrogens is 2. The SMILES string of the molecule is Cc1cccc(-c2ccc3ncc(C(O)NCCCN4CCCC4=O)n3c2)c1Cl. The zero-order valence-electron chi connectivity index (χ0n) is 16.4. The highest BCUT2D eigenvalue weighted by Gasteiger charge is 2.19. The number of aryl methyl sites for hydroxylation is 1. The summed E-state index contributed by atoms with van der Waals surface area (Å²) in [5.74, 6) is 0.231. The van der Waals surface area contributed by atoms with E-state index in [4.69, 9.17) is 11.6 Å². The second-order valence-corrected chi connectivity index (χ2v) is 7.84. The van der Waals surface area contributed by atoms with Gasteiger partial charge in [-0.15, -0.1) is 0 Å². The monoisotopic (exact) mass is 412 g/mol. The van der Waals surface area contributed by atoms with Crippen molar-refractivity contribution in [3.05, 3.63) is 59.0 Å². The molecule has 3 aromatic rings. The molecular weight excluding hydrogens is 388 g/mol. The van der Waals surface area contributed by atoms with E-state index in [9.17, 15) is 9.90 Å². The molecule has 6 nitrogen and oxygen atoms in total. The third-order valence-electron chi connectivity index (χ3n) is 5.43. The van der Waals surface area contributed by atoms with Gasteiger partial charge in [0.2, 0.25) is 5.91 Å². The number of aliphatic hydroxyl groups excluding tert-OH is 1. The minimum Gasteiger partial charge on any atom is -0.373 e. The van der Waals surface area contributed by atoms with Gasteiger partial charge in [-0.1, -0.05) is 29.8 Å². The number of nitrogens with one attached hydrogen (secondary N) is 1. The van der Waals surface area contributed by atoms with Gasteiger partial charge in [0, 0.05) is 31.3 Å². The number of rotatable bonds is 7. The molecule has 152 valence electrons. The fourth-order valence-corrected chi connectivity index (χ4v) is 4.02. The lowest BCUT2D eigenvalue weighted by Gasteiger charge is -2.17. The van der Waals surface area contributed by atoms with Crippen molar-refractivity contribution in [2.24, 2.45) is 0 Å². The summed E-state index contributed by atoms with van der Waals surface area (Å²) in [6.07, 6.45) is 5.19. The van der Waals surface area contributed by atoms with Crippen molar-refractivity contribution in [1.29, 1.82) is 0 Å². The van der Waals surface area contributed by atoms with Crippen LogP contribution in [-0.4, -0.2) is 44.9 Å². The van der Waals surface area contributed by atoms with Gasteiger partial charge in [-0.3, -0.25) is 14.5 Å². The normalized spacial score (nSPS) is 15.4. The van der Waals surface area contributed by atoms with Crippen LogP contribution in [0.15, 0.2) is 42.7 Å². The molecule has 0 aliphatic carbocycles. The second-order valence-electron chi connectivity index (χ2n) is 7.46. The van der Waals surface area contributed by atoms with Gasteiger partial charge < -0.3 is 10.0 Å². The molecule has 2 aromatic heterocycles. The Morgan fingerprint density at radius 2 is 2.17 bits per heavy atom. The molecule has 1 amide bonds. The van der Waals surface area contributed by atoms with Crippen LogP contribution in [0, 0.1) is 6.92 Å². The quantitative estimate of drug-likeness (QED) is 0.460. The molecule has 0 saturated carbocycles. The number of fused-ring (bicyclic) bond motifs is 1. The third kappa shape index (κ3) is 4.15. The number of imidazole rings is 1. The van der Waals surface area contributed by atoms with Gasteiger partial charge in [0.15, 0.2) is 0 Å². The first-order valence-electron chi connectivity index (χ1n) is 9.96. The zero-order chi connectivity index (χ0) is 20.4. The molecule has 29 heavy (non-hydrogen) atoms. The molecule has 3 heterocycles. The van der Waals surface area contributed by atoms with Gasteiger partial charge >= 0.3 is 0 Å². The summed E-state index contributed by atoms with van der Waals surface area (Å²) in [4.78, 5) is 17.9. The Morgan fingerprint density at radius 3 is 2.97 bits per heavy atom. The summed E-state index contributed by atoms with van der Waals surface area (Å²) >= 11 is 6.49. The number of halogens is 1. The number of nitrogens with zero attached hydrogens (tertiary/aromatic N) is 3. The molecule has 2 N–H and O–H groups in total. The molecule has 4 rings (SSSR count). The van der Waals surface area contributed by atoms with Crippen molar-refractivity contribution >= 4 is 23.2 Å². The zero-order valence-corrected chi connectivity index (χ0v) is 17.2. The number of pyridine rings is 1. The Morgan fingerprint density at radius 1 is 1.31 bits per heavy atom. The maximum absolute atomic E-state index is 11.7. The largest absolute Gasteiger partial charge is 0.373 e. The lowest BCUT2D eigenvalue weighted by atomic mass is 10.1. The number of carbonyl (C=O) groups excluding carboxylic acids is 1. The highest BCUT2D eigenvalue weighted by Crippen LogP contribution is 2.31. The van der Waals surface area contributed by atoms with Gasteiger partial charge in [0.05, 0.1) is 16.9 Å². The van der Waals surface area contributed by atoms with E-state index in [0.29, 0.717) is 18.7 Å². The molecular formula is C22H25ClN4O2. The van der Waals surface area contributed by atoms with Crippen LogP contribution < -0.4 is 5.32 Å². The van der Waals surface area contributed by atoms with E-state index >= 15 is 0 Å². The van der Waals surface area contributed by atoms with Crippen LogP contribution in [0.25, 0.3) is 16.8 Å². The highest BCUT2D eigenvalue weighted by atomic mass is 35.5. The van der Waals surface area contributed by atoms with Gasteiger partial charge in [-0.05, 0) is 49.6 Å². The first-order chi connectivity index (χ1) is 14.0. The van der Waals surface area contributed by atoms with E-state index in [0.717, 1.165) is 53.3 Å². The number of hydrogen-bond donors (Lipinski definition) is 2. The number of benzene rings is 1. The fraction of sp³-hybridized carbons (Fsp3) is 0.364. The lowest BCUT2D eigenvalue weighted by Crippen LogP contribution is -2.30. The molecule has 1 aromatic carbocycles. The van der Waals surface area contributed by atoms with Crippen molar-refractivity contribution in [2.45, 2.75) is 32.4 Å². The van der Waals surface area contributed by atoms with Crippen LogP contribution in [0.3, 0.4) is 0 Å². The molecule has 1 fully saturated rings. The molecule has 7 heteroatoms. The van der Waals surface area contributed by atoms with E-state index in [1.54, 1.807) is 6.20 Å². The van der Waals surface area contributed by atoms with Crippen LogP contribution in [0.5, 0.6) is 0 Å². The van der Waals surface area contributed by atoms with Crippen LogP contribution in [0.1, 0.15) is 36.7 Å². The Labute approximate surface area is 175 Å². The molecule has 0 radical (unpaired) electrons. The number of amides is 1. The van der Waals surface area contributed by atoms with Crippen molar-refractivity contribution in [2.75, 3.05) is 19.6 Å². The van der Waals surface area contributed by atoms with Gasteiger partial charge in [-0.2, -0.15) is 0 Å². The van der Waals surface area contributed by atoms with Crippen molar-refractivity contribution in [3.63, 3.8) is 0 Å². The number of hydrogen-bond acceptors (Lipinski definition) is 4. The minimum atomic E-state index is -0.845. The van der Waals surface area contributed by atoms with Gasteiger partial charge in [0.1, 0.15) is 11.9 Å². The molecule has 0 spiro atoms. The number of aliphatic hydroxyl groups is 1. The standard InChI is InChI=1S/C22H25ClN4O2/c1-15-5-2-6-17(21(15)23)16-8-9-19-25-13-18(27(19)14-16)22(29)24-10-4-12-26-11-3-7-20(26)28/h2,5-6,8-9,13-14,22,24,29H,3-4,7,10-12H2,1H3. The van der Waals surface area contributed by atoms with E-state index in [1.807, 2.05) is 52.8 Å². The summed E-state index contributed by atoms with van der Waals surface area (Å²) in [7, 11) is 0. The Balaban J connectivity index is 1.47. The first-order valence-corrected chi connectivity index (χ1v) is 10.3. The Bertz CT molecular complexity index is 1030. The van der Waals surface area contributed by atoms with E-state index < -0.39 is 6.23 Å². The van der Waals surface area contributed by atoms with E-state index in [1.165, 1.54) is 0 Å². The van der Waals surface area contributed by atoms with Crippen LogP contribution in [0.2, 0.25) is 5.02 Å². The maximum atomic E-state index is 11.7. The summed E-state index contributed by atoms with van der Waals surface area (Å²) in [6.45, 7) is 4.17. The van der Waals surface area contributed by atoms with Crippen LogP contribution in [-0.2, 0) is 4.79 Å². The van der Waals surface area contributed by atoms with Crippen molar-refractivity contribution in [1.82, 2.24) is 19.6 Å².